The zero-order valence-corrected chi connectivity index (χ0v) is 6.29. The van der Waals surface area contributed by atoms with Crippen molar-refractivity contribution in [1.82, 2.24) is 0 Å². The molecule has 0 saturated heterocycles. The summed E-state index contributed by atoms with van der Waals surface area (Å²) in [7, 11) is 0. The molecule has 0 aromatic heterocycles. The molecule has 0 aromatic carbocycles. The third-order valence-electron chi connectivity index (χ3n) is 1.17. The van der Waals surface area contributed by atoms with Crippen LogP contribution in [0.2, 0.25) is 0 Å². The molecule has 0 aliphatic heterocycles. The average Bonchev–Trinajstić information content (AvgIpc) is 1.86. The van der Waals surface area contributed by atoms with Gasteiger partial charge >= 0.3 is 5.97 Å². The van der Waals surface area contributed by atoms with E-state index in [1.165, 1.54) is 6.92 Å². The highest BCUT2D eigenvalue weighted by Gasteiger charge is 2.10. The SMILES string of the molecule is CC(=O)CCCC(=O)C(=O)O. The van der Waals surface area contributed by atoms with E-state index in [0.29, 0.717) is 6.42 Å². The first-order chi connectivity index (χ1) is 5.04. The highest BCUT2D eigenvalue weighted by molar-refractivity contribution is 6.32. The molecule has 0 aromatic rings. The Morgan fingerprint density at radius 3 is 2.09 bits per heavy atom. The van der Waals surface area contributed by atoms with E-state index < -0.39 is 11.8 Å². The predicted octanol–water partition coefficient (Wildman–Crippen LogP) is 0.399. The number of carbonyl (C=O) groups excluding carboxylic acids is 2. The van der Waals surface area contributed by atoms with Crippen LogP contribution in [0.25, 0.3) is 0 Å². The van der Waals surface area contributed by atoms with Crippen LogP contribution in [0.15, 0.2) is 0 Å². The molecule has 0 aliphatic carbocycles. The number of hydrogen-bond acceptors (Lipinski definition) is 3. The van der Waals surface area contributed by atoms with Crippen molar-refractivity contribution in [3.8, 4) is 0 Å². The molecule has 0 rings (SSSR count). The van der Waals surface area contributed by atoms with Crippen LogP contribution in [0, 0.1) is 0 Å². The highest BCUT2D eigenvalue weighted by atomic mass is 16.4. The Morgan fingerprint density at radius 2 is 1.73 bits per heavy atom. The summed E-state index contributed by atoms with van der Waals surface area (Å²) in [6.45, 7) is 1.41. The molecule has 0 bridgehead atoms. The third-order valence-corrected chi connectivity index (χ3v) is 1.17. The lowest BCUT2D eigenvalue weighted by atomic mass is 10.1. The normalized spacial score (nSPS) is 9.18. The topological polar surface area (TPSA) is 71.4 Å². The first-order valence-corrected chi connectivity index (χ1v) is 3.29. The number of Topliss-reactive ketones (excluding diaryl/α,β-unsaturated/α-hetero) is 2. The highest BCUT2D eigenvalue weighted by Crippen LogP contribution is 1.96. The van der Waals surface area contributed by atoms with Crippen LogP contribution in [-0.4, -0.2) is 22.6 Å². The smallest absolute Gasteiger partial charge is 0.372 e. The second-order valence-corrected chi connectivity index (χ2v) is 2.28. The number of ketones is 2. The van der Waals surface area contributed by atoms with Crippen LogP contribution >= 0.6 is 0 Å². The fourth-order valence-electron chi connectivity index (χ4n) is 0.605. The molecule has 0 amide bonds. The van der Waals surface area contributed by atoms with E-state index in [-0.39, 0.29) is 18.6 Å². The number of hydrogen-bond donors (Lipinski definition) is 1. The third kappa shape index (κ3) is 5.26. The van der Waals surface area contributed by atoms with Crippen molar-refractivity contribution < 1.29 is 19.5 Å². The lowest BCUT2D eigenvalue weighted by Crippen LogP contribution is -2.12. The second-order valence-electron chi connectivity index (χ2n) is 2.28. The van der Waals surface area contributed by atoms with Crippen molar-refractivity contribution in [1.29, 1.82) is 0 Å². The summed E-state index contributed by atoms with van der Waals surface area (Å²) in [4.78, 5) is 30.7. The largest absolute Gasteiger partial charge is 0.476 e. The molecule has 0 spiro atoms. The Morgan fingerprint density at radius 1 is 1.18 bits per heavy atom. The Bertz CT molecular complexity index is 183. The van der Waals surface area contributed by atoms with E-state index in [1.807, 2.05) is 0 Å². The Hall–Kier alpha value is -1.19. The molecule has 0 heterocycles. The lowest BCUT2D eigenvalue weighted by molar-refractivity contribution is -0.149. The molecule has 0 fully saturated rings. The summed E-state index contributed by atoms with van der Waals surface area (Å²) in [5.74, 6) is -2.28. The van der Waals surface area contributed by atoms with Gasteiger partial charge in [-0.2, -0.15) is 0 Å². The Balaban J connectivity index is 3.47. The average molecular weight is 158 g/mol. The fourth-order valence-corrected chi connectivity index (χ4v) is 0.605. The van der Waals surface area contributed by atoms with Gasteiger partial charge in [-0.1, -0.05) is 0 Å². The summed E-state index contributed by atoms with van der Waals surface area (Å²) in [6, 6.07) is 0. The van der Waals surface area contributed by atoms with Crippen molar-refractivity contribution in [3.63, 3.8) is 0 Å². The van der Waals surface area contributed by atoms with Gasteiger partial charge in [-0.05, 0) is 13.3 Å². The maximum atomic E-state index is 10.4. The van der Waals surface area contributed by atoms with Crippen LogP contribution in [0.1, 0.15) is 26.2 Å². The summed E-state index contributed by atoms with van der Waals surface area (Å²) in [5, 5.41) is 8.11. The van der Waals surface area contributed by atoms with Gasteiger partial charge in [0, 0.05) is 12.8 Å². The quantitative estimate of drug-likeness (QED) is 0.588. The van der Waals surface area contributed by atoms with E-state index in [4.69, 9.17) is 5.11 Å². The number of carbonyl (C=O) groups is 3. The van der Waals surface area contributed by atoms with E-state index >= 15 is 0 Å². The molecule has 0 radical (unpaired) electrons. The number of carboxylic acids is 1. The van der Waals surface area contributed by atoms with Crippen molar-refractivity contribution in [3.05, 3.63) is 0 Å². The van der Waals surface area contributed by atoms with Gasteiger partial charge in [-0.25, -0.2) is 4.79 Å². The van der Waals surface area contributed by atoms with Crippen molar-refractivity contribution >= 4 is 17.5 Å². The Labute approximate surface area is 64.2 Å². The van der Waals surface area contributed by atoms with Crippen LogP contribution < -0.4 is 0 Å². The predicted molar refractivity (Wildman–Crippen MR) is 37.2 cm³/mol. The van der Waals surface area contributed by atoms with E-state index in [9.17, 15) is 14.4 Å². The lowest BCUT2D eigenvalue weighted by Gasteiger charge is -1.92. The molecule has 0 saturated carbocycles. The van der Waals surface area contributed by atoms with Crippen LogP contribution in [0.3, 0.4) is 0 Å². The monoisotopic (exact) mass is 158 g/mol. The van der Waals surface area contributed by atoms with Gasteiger partial charge in [0.25, 0.3) is 0 Å². The van der Waals surface area contributed by atoms with E-state index in [1.54, 1.807) is 0 Å². The van der Waals surface area contributed by atoms with Crippen LogP contribution in [-0.2, 0) is 14.4 Å². The summed E-state index contributed by atoms with van der Waals surface area (Å²) in [5.41, 5.74) is 0. The molecule has 62 valence electrons. The van der Waals surface area contributed by atoms with Gasteiger partial charge in [0.1, 0.15) is 5.78 Å². The number of carboxylic acid groups (broad SMARTS) is 1. The van der Waals surface area contributed by atoms with Crippen molar-refractivity contribution in [2.24, 2.45) is 0 Å². The van der Waals surface area contributed by atoms with Gasteiger partial charge in [0.15, 0.2) is 0 Å². The molecule has 0 aliphatic rings. The summed E-state index contributed by atoms with van der Waals surface area (Å²) < 4.78 is 0. The summed E-state index contributed by atoms with van der Waals surface area (Å²) >= 11 is 0. The first-order valence-electron chi connectivity index (χ1n) is 3.29. The molecular formula is C7H10O4. The standard InChI is InChI=1S/C7H10O4/c1-5(8)3-2-4-6(9)7(10)11/h2-4H2,1H3,(H,10,11). The molecule has 1 N–H and O–H groups in total. The Kier molecular flexibility index (Phi) is 4.10. The van der Waals surface area contributed by atoms with Gasteiger partial charge < -0.3 is 9.90 Å². The van der Waals surface area contributed by atoms with Gasteiger partial charge in [-0.15, -0.1) is 0 Å². The maximum absolute atomic E-state index is 10.4. The minimum atomic E-state index is -1.42. The second kappa shape index (κ2) is 4.60. The minimum absolute atomic E-state index is 0.0248. The van der Waals surface area contributed by atoms with Crippen molar-refractivity contribution in [2.45, 2.75) is 26.2 Å². The summed E-state index contributed by atoms with van der Waals surface area (Å²) in [6.07, 6.45) is 0.564. The zero-order valence-electron chi connectivity index (χ0n) is 6.29. The zero-order chi connectivity index (χ0) is 8.85. The number of aliphatic carboxylic acids is 1. The fraction of sp³-hybridized carbons (Fsp3) is 0.571. The maximum Gasteiger partial charge on any atom is 0.372 e. The molecular weight excluding hydrogens is 148 g/mol. The van der Waals surface area contributed by atoms with E-state index in [2.05, 4.69) is 0 Å². The molecule has 4 heteroatoms. The minimum Gasteiger partial charge on any atom is -0.476 e. The molecule has 0 unspecified atom stereocenters. The van der Waals surface area contributed by atoms with E-state index in [0.717, 1.165) is 0 Å². The molecule has 0 atom stereocenters. The van der Waals surface area contributed by atoms with Gasteiger partial charge in [0.2, 0.25) is 5.78 Å². The van der Waals surface area contributed by atoms with Crippen LogP contribution in [0.5, 0.6) is 0 Å². The van der Waals surface area contributed by atoms with Gasteiger partial charge in [-0.3, -0.25) is 4.79 Å². The van der Waals surface area contributed by atoms with Gasteiger partial charge in [0.05, 0.1) is 0 Å². The van der Waals surface area contributed by atoms with Crippen LogP contribution in [0.4, 0.5) is 0 Å². The number of rotatable bonds is 5. The van der Waals surface area contributed by atoms with Crippen molar-refractivity contribution in [2.75, 3.05) is 0 Å². The molecule has 4 nitrogen and oxygen atoms in total. The first kappa shape index (κ1) is 9.81. The molecule has 11 heavy (non-hydrogen) atoms.